The highest BCUT2D eigenvalue weighted by Crippen LogP contribution is 2.33. The Bertz CT molecular complexity index is 1240. The van der Waals surface area contributed by atoms with E-state index in [1.807, 2.05) is 30.3 Å². The third-order valence-corrected chi connectivity index (χ3v) is 5.32. The molecule has 31 heavy (non-hydrogen) atoms. The number of fused-ring (bicyclic) bond motifs is 1. The molecule has 0 saturated heterocycles. The molecule has 4 aromatic rings. The summed E-state index contributed by atoms with van der Waals surface area (Å²) < 4.78 is 42.6. The van der Waals surface area contributed by atoms with Crippen LogP contribution in [0, 0.1) is 0 Å². The number of benzene rings is 2. The Balaban J connectivity index is 1.79. The molecule has 0 radical (unpaired) electrons. The van der Waals surface area contributed by atoms with Gasteiger partial charge in [0.05, 0.1) is 17.9 Å². The highest BCUT2D eigenvalue weighted by Gasteiger charge is 2.36. The van der Waals surface area contributed by atoms with Gasteiger partial charge in [0.25, 0.3) is 5.91 Å². The minimum Gasteiger partial charge on any atom is -0.345 e. The molecule has 0 unspecified atom stereocenters. The summed E-state index contributed by atoms with van der Waals surface area (Å²) >= 11 is 3.30. The molecule has 0 saturated carbocycles. The van der Waals surface area contributed by atoms with Crippen molar-refractivity contribution in [2.75, 3.05) is 0 Å². The van der Waals surface area contributed by atoms with Crippen LogP contribution in [0.2, 0.25) is 0 Å². The second-order valence-corrected chi connectivity index (χ2v) is 7.85. The minimum atomic E-state index is -4.68. The average molecular weight is 489 g/mol. The summed E-state index contributed by atoms with van der Waals surface area (Å²) in [5.74, 6) is -0.556. The van der Waals surface area contributed by atoms with Crippen LogP contribution in [-0.4, -0.2) is 20.5 Å². The van der Waals surface area contributed by atoms with Crippen LogP contribution >= 0.6 is 15.9 Å². The lowest BCUT2D eigenvalue weighted by molar-refractivity contribution is -0.142. The van der Waals surface area contributed by atoms with E-state index in [1.165, 1.54) is 0 Å². The van der Waals surface area contributed by atoms with Crippen molar-refractivity contribution in [3.05, 3.63) is 88.2 Å². The first kappa shape index (κ1) is 21.0. The van der Waals surface area contributed by atoms with Crippen molar-refractivity contribution in [1.82, 2.24) is 19.9 Å². The number of aromatic nitrogens is 3. The first-order valence-electron chi connectivity index (χ1n) is 9.32. The molecule has 0 spiro atoms. The SMILES string of the molecule is C[C@@H](NC(=O)c1cnn2c(C(F)(F)F)cc(-c3ccc(Br)cc3)nc12)c1ccccc1. The molecule has 0 aliphatic heterocycles. The van der Waals surface area contributed by atoms with Crippen molar-refractivity contribution in [2.24, 2.45) is 0 Å². The zero-order valence-corrected chi connectivity index (χ0v) is 17.8. The molecule has 5 nitrogen and oxygen atoms in total. The monoisotopic (exact) mass is 488 g/mol. The van der Waals surface area contributed by atoms with Gasteiger partial charge >= 0.3 is 6.18 Å². The van der Waals surface area contributed by atoms with E-state index >= 15 is 0 Å². The van der Waals surface area contributed by atoms with Crippen LogP contribution in [0.5, 0.6) is 0 Å². The molecule has 2 aromatic carbocycles. The molecule has 158 valence electrons. The van der Waals surface area contributed by atoms with Gasteiger partial charge in [-0.3, -0.25) is 4.79 Å². The Labute approximate surface area is 184 Å². The third-order valence-electron chi connectivity index (χ3n) is 4.79. The molecule has 1 atom stereocenters. The van der Waals surface area contributed by atoms with E-state index in [-0.39, 0.29) is 22.9 Å². The Morgan fingerprint density at radius 1 is 1.10 bits per heavy atom. The lowest BCUT2D eigenvalue weighted by Crippen LogP contribution is -2.26. The van der Waals surface area contributed by atoms with Crippen molar-refractivity contribution in [3.63, 3.8) is 0 Å². The number of carbonyl (C=O) groups excluding carboxylic acids is 1. The highest BCUT2D eigenvalue weighted by molar-refractivity contribution is 9.10. The predicted molar refractivity (Wildman–Crippen MR) is 113 cm³/mol. The summed E-state index contributed by atoms with van der Waals surface area (Å²) in [6.45, 7) is 1.79. The Kier molecular flexibility index (Phi) is 5.53. The van der Waals surface area contributed by atoms with Crippen LogP contribution in [0.15, 0.2) is 71.3 Å². The van der Waals surface area contributed by atoms with Crippen molar-refractivity contribution >= 4 is 27.5 Å². The zero-order chi connectivity index (χ0) is 22.2. The largest absolute Gasteiger partial charge is 0.433 e. The smallest absolute Gasteiger partial charge is 0.345 e. The van der Waals surface area contributed by atoms with E-state index in [0.717, 1.165) is 22.3 Å². The fourth-order valence-corrected chi connectivity index (χ4v) is 3.46. The van der Waals surface area contributed by atoms with Gasteiger partial charge in [0.1, 0.15) is 5.56 Å². The second-order valence-electron chi connectivity index (χ2n) is 6.93. The summed E-state index contributed by atoms with van der Waals surface area (Å²) in [4.78, 5) is 17.2. The highest BCUT2D eigenvalue weighted by atomic mass is 79.9. The number of carbonyl (C=O) groups is 1. The van der Waals surface area contributed by atoms with Crippen LogP contribution < -0.4 is 5.32 Å². The van der Waals surface area contributed by atoms with Crippen LogP contribution in [0.1, 0.15) is 34.6 Å². The summed E-state index contributed by atoms with van der Waals surface area (Å²) in [7, 11) is 0. The number of halogens is 4. The molecule has 0 aliphatic carbocycles. The predicted octanol–water partition coefficient (Wildman–Crippen LogP) is 5.67. The van der Waals surface area contributed by atoms with Gasteiger partial charge in [-0.05, 0) is 30.7 Å². The van der Waals surface area contributed by atoms with E-state index in [2.05, 4.69) is 31.3 Å². The maximum atomic E-state index is 13.7. The van der Waals surface area contributed by atoms with Crippen molar-refractivity contribution < 1.29 is 18.0 Å². The van der Waals surface area contributed by atoms with E-state index < -0.39 is 17.8 Å². The molecule has 0 bridgehead atoms. The number of amides is 1. The van der Waals surface area contributed by atoms with Gasteiger partial charge in [0.15, 0.2) is 11.3 Å². The van der Waals surface area contributed by atoms with Gasteiger partial charge in [0, 0.05) is 10.0 Å². The quantitative estimate of drug-likeness (QED) is 0.402. The molecule has 1 amide bonds. The van der Waals surface area contributed by atoms with Gasteiger partial charge in [-0.1, -0.05) is 58.4 Å². The number of hydrogen-bond acceptors (Lipinski definition) is 3. The normalized spacial score (nSPS) is 12.7. The van der Waals surface area contributed by atoms with Crippen molar-refractivity contribution in [3.8, 4) is 11.3 Å². The first-order valence-corrected chi connectivity index (χ1v) is 10.1. The number of alkyl halides is 3. The maximum Gasteiger partial charge on any atom is 0.433 e. The molecular weight excluding hydrogens is 473 g/mol. The Morgan fingerprint density at radius 2 is 1.77 bits per heavy atom. The fraction of sp³-hybridized carbons (Fsp3) is 0.136. The minimum absolute atomic E-state index is 0.0350. The zero-order valence-electron chi connectivity index (χ0n) is 16.2. The topological polar surface area (TPSA) is 59.3 Å². The van der Waals surface area contributed by atoms with E-state index in [4.69, 9.17) is 0 Å². The molecular formula is C22H16BrF3N4O. The summed E-state index contributed by atoms with van der Waals surface area (Å²) in [6, 6.07) is 16.5. The van der Waals surface area contributed by atoms with E-state index in [1.54, 1.807) is 31.2 Å². The summed E-state index contributed by atoms with van der Waals surface area (Å²) in [6.07, 6.45) is -3.57. The van der Waals surface area contributed by atoms with Gasteiger partial charge < -0.3 is 5.32 Å². The maximum absolute atomic E-state index is 13.7. The van der Waals surface area contributed by atoms with Crippen molar-refractivity contribution in [1.29, 1.82) is 0 Å². The molecule has 0 aliphatic rings. The first-order chi connectivity index (χ1) is 14.7. The number of nitrogens with zero attached hydrogens (tertiary/aromatic N) is 3. The molecule has 0 fully saturated rings. The molecule has 4 rings (SSSR count). The van der Waals surface area contributed by atoms with Crippen molar-refractivity contribution in [2.45, 2.75) is 19.1 Å². The standard InChI is InChI=1S/C22H16BrF3N4O/c1-13(14-5-3-2-4-6-14)28-21(31)17-12-27-30-19(22(24,25)26)11-18(29-20(17)30)15-7-9-16(23)10-8-15/h2-13H,1H3,(H,28,31)/t13-/m1/s1. The molecule has 9 heteroatoms. The summed E-state index contributed by atoms with van der Waals surface area (Å²) in [5, 5.41) is 6.60. The van der Waals surface area contributed by atoms with E-state index in [0.29, 0.717) is 10.1 Å². The van der Waals surface area contributed by atoms with Crippen LogP contribution in [0.4, 0.5) is 13.2 Å². The number of rotatable bonds is 4. The van der Waals surface area contributed by atoms with Crippen LogP contribution in [-0.2, 0) is 6.18 Å². The van der Waals surface area contributed by atoms with Crippen LogP contribution in [0.3, 0.4) is 0 Å². The number of hydrogen-bond donors (Lipinski definition) is 1. The number of nitrogens with one attached hydrogen (secondary N) is 1. The lowest BCUT2D eigenvalue weighted by atomic mass is 10.1. The summed E-state index contributed by atoms with van der Waals surface area (Å²) in [5.41, 5.74) is 0.245. The Morgan fingerprint density at radius 3 is 2.42 bits per heavy atom. The van der Waals surface area contributed by atoms with Gasteiger partial charge in [-0.15, -0.1) is 0 Å². The van der Waals surface area contributed by atoms with Gasteiger partial charge in [0.2, 0.25) is 0 Å². The molecule has 2 aromatic heterocycles. The van der Waals surface area contributed by atoms with Gasteiger partial charge in [-0.2, -0.15) is 18.3 Å². The molecule has 2 heterocycles. The molecule has 1 N–H and O–H groups in total. The van der Waals surface area contributed by atoms with Crippen LogP contribution in [0.25, 0.3) is 16.9 Å². The lowest BCUT2D eigenvalue weighted by Gasteiger charge is -2.14. The Hall–Kier alpha value is -3.20. The second kappa shape index (κ2) is 8.14. The van der Waals surface area contributed by atoms with Gasteiger partial charge in [-0.25, -0.2) is 9.50 Å². The average Bonchev–Trinajstić information content (AvgIpc) is 3.17. The van der Waals surface area contributed by atoms with E-state index in [9.17, 15) is 18.0 Å². The third kappa shape index (κ3) is 4.32. The fourth-order valence-electron chi connectivity index (χ4n) is 3.19.